The highest BCUT2D eigenvalue weighted by Gasteiger charge is 2.22. The van der Waals surface area contributed by atoms with Crippen molar-refractivity contribution in [2.45, 2.75) is 23.0 Å². The van der Waals surface area contributed by atoms with Gasteiger partial charge in [-0.25, -0.2) is 0 Å². The van der Waals surface area contributed by atoms with Crippen LogP contribution in [-0.4, -0.2) is 27.9 Å². The van der Waals surface area contributed by atoms with E-state index in [2.05, 4.69) is 15.6 Å². The molecule has 8 heteroatoms. The summed E-state index contributed by atoms with van der Waals surface area (Å²) in [4.78, 5) is 40.2. The van der Waals surface area contributed by atoms with E-state index in [1.165, 1.54) is 11.8 Å². The smallest absolute Gasteiger partial charge is 0.303 e. The number of pyridine rings is 1. The molecule has 0 aliphatic carbocycles. The molecule has 1 unspecified atom stereocenters. The molecule has 1 heterocycles. The molecule has 0 bridgehead atoms. The monoisotopic (exact) mass is 435 g/mol. The van der Waals surface area contributed by atoms with E-state index in [9.17, 15) is 14.4 Å². The maximum atomic E-state index is 13.0. The molecule has 3 rings (SSSR count). The number of nitrogens with one attached hydrogen (secondary N) is 2. The van der Waals surface area contributed by atoms with Gasteiger partial charge in [0, 0.05) is 35.1 Å². The molecule has 0 saturated carbocycles. The third kappa shape index (κ3) is 6.97. The van der Waals surface area contributed by atoms with Crippen molar-refractivity contribution < 1.29 is 19.5 Å². The molecule has 3 aromatic rings. The number of amides is 2. The van der Waals surface area contributed by atoms with Gasteiger partial charge in [-0.1, -0.05) is 30.3 Å². The molecule has 0 saturated heterocycles. The third-order valence-electron chi connectivity index (χ3n) is 4.25. The second-order valence-electron chi connectivity index (χ2n) is 6.60. The van der Waals surface area contributed by atoms with Crippen LogP contribution in [0.1, 0.15) is 23.7 Å². The van der Waals surface area contributed by atoms with E-state index < -0.39 is 11.2 Å². The molecule has 0 aliphatic rings. The second-order valence-corrected chi connectivity index (χ2v) is 7.78. The van der Waals surface area contributed by atoms with Crippen LogP contribution in [0.3, 0.4) is 0 Å². The van der Waals surface area contributed by atoms with Crippen LogP contribution in [0.2, 0.25) is 0 Å². The van der Waals surface area contributed by atoms with Gasteiger partial charge in [0.1, 0.15) is 5.25 Å². The molecule has 2 amide bonds. The van der Waals surface area contributed by atoms with Crippen molar-refractivity contribution in [1.82, 2.24) is 4.98 Å². The Balaban J connectivity index is 1.70. The molecular weight excluding hydrogens is 414 g/mol. The van der Waals surface area contributed by atoms with Gasteiger partial charge in [-0.15, -0.1) is 11.8 Å². The Morgan fingerprint density at radius 2 is 1.48 bits per heavy atom. The number of anilines is 2. The Bertz CT molecular complexity index is 1030. The lowest BCUT2D eigenvalue weighted by molar-refractivity contribution is -0.138. The highest BCUT2D eigenvalue weighted by molar-refractivity contribution is 8.00. The number of carboxylic acid groups (broad SMARTS) is 1. The van der Waals surface area contributed by atoms with Gasteiger partial charge >= 0.3 is 5.97 Å². The number of thioether (sulfide) groups is 1. The lowest BCUT2D eigenvalue weighted by Gasteiger charge is -2.17. The molecule has 0 fully saturated rings. The number of rotatable bonds is 9. The first kappa shape index (κ1) is 22.0. The van der Waals surface area contributed by atoms with Crippen LogP contribution in [0, 0.1) is 0 Å². The first-order valence-corrected chi connectivity index (χ1v) is 10.4. The van der Waals surface area contributed by atoms with E-state index in [0.717, 1.165) is 10.5 Å². The number of carbonyl (C=O) groups is 3. The van der Waals surface area contributed by atoms with Crippen molar-refractivity contribution in [3.63, 3.8) is 0 Å². The second kappa shape index (κ2) is 10.9. The number of nitrogens with zero attached hydrogens (tertiary/aromatic N) is 1. The van der Waals surface area contributed by atoms with Gasteiger partial charge in [0.25, 0.3) is 0 Å². The van der Waals surface area contributed by atoms with Crippen molar-refractivity contribution in [1.29, 1.82) is 0 Å². The SMILES string of the molecule is O=C(O)CCC(=O)Nc1ccc(SC(C(=O)Nc2ccncc2)c2ccccc2)cc1. The Hall–Kier alpha value is -3.65. The zero-order chi connectivity index (χ0) is 22.1. The molecule has 158 valence electrons. The molecular formula is C23H21N3O4S. The molecule has 0 spiro atoms. The largest absolute Gasteiger partial charge is 0.481 e. The van der Waals surface area contributed by atoms with E-state index in [-0.39, 0.29) is 24.7 Å². The standard InChI is InChI=1S/C23H21N3O4S/c27-20(10-11-21(28)29)25-17-6-8-19(9-7-17)31-22(16-4-2-1-3-5-16)23(30)26-18-12-14-24-15-13-18/h1-9,12-15,22H,10-11H2,(H,25,27)(H,28,29)(H,24,26,30). The molecule has 31 heavy (non-hydrogen) atoms. The first-order chi connectivity index (χ1) is 15.0. The van der Waals surface area contributed by atoms with Gasteiger partial charge in [-0.05, 0) is 42.0 Å². The maximum Gasteiger partial charge on any atom is 0.303 e. The summed E-state index contributed by atoms with van der Waals surface area (Å²) in [6.07, 6.45) is 2.93. The Morgan fingerprint density at radius 1 is 0.839 bits per heavy atom. The van der Waals surface area contributed by atoms with Crippen molar-refractivity contribution in [2.75, 3.05) is 10.6 Å². The van der Waals surface area contributed by atoms with E-state index >= 15 is 0 Å². The summed E-state index contributed by atoms with van der Waals surface area (Å²) in [7, 11) is 0. The van der Waals surface area contributed by atoms with Crippen molar-refractivity contribution in [3.05, 3.63) is 84.7 Å². The topological polar surface area (TPSA) is 108 Å². The molecule has 3 N–H and O–H groups in total. The van der Waals surface area contributed by atoms with Gasteiger partial charge in [-0.3, -0.25) is 19.4 Å². The molecule has 7 nitrogen and oxygen atoms in total. The number of aliphatic carboxylic acids is 1. The maximum absolute atomic E-state index is 13.0. The van der Waals surface area contributed by atoms with E-state index in [0.29, 0.717) is 11.4 Å². The van der Waals surface area contributed by atoms with Crippen LogP contribution < -0.4 is 10.6 Å². The third-order valence-corrected chi connectivity index (χ3v) is 5.51. The van der Waals surface area contributed by atoms with E-state index in [1.54, 1.807) is 36.7 Å². The number of aromatic nitrogens is 1. The summed E-state index contributed by atoms with van der Waals surface area (Å²) in [6, 6.07) is 20.0. The normalized spacial score (nSPS) is 11.4. The van der Waals surface area contributed by atoms with Crippen molar-refractivity contribution >= 4 is 40.9 Å². The van der Waals surface area contributed by atoms with E-state index in [4.69, 9.17) is 5.11 Å². The Kier molecular flexibility index (Phi) is 7.78. The summed E-state index contributed by atoms with van der Waals surface area (Å²) < 4.78 is 0. The summed E-state index contributed by atoms with van der Waals surface area (Å²) >= 11 is 1.39. The van der Waals surface area contributed by atoms with Gasteiger partial charge in [-0.2, -0.15) is 0 Å². The van der Waals surface area contributed by atoms with Gasteiger partial charge in [0.15, 0.2) is 0 Å². The van der Waals surface area contributed by atoms with Gasteiger partial charge < -0.3 is 15.7 Å². The Morgan fingerprint density at radius 3 is 2.13 bits per heavy atom. The Labute approximate surface area is 183 Å². The molecule has 1 aromatic heterocycles. The summed E-state index contributed by atoms with van der Waals surface area (Å²) in [5.41, 5.74) is 2.10. The van der Waals surface area contributed by atoms with Crippen molar-refractivity contribution in [2.24, 2.45) is 0 Å². The van der Waals surface area contributed by atoms with Gasteiger partial charge in [0.2, 0.25) is 11.8 Å². The fourth-order valence-corrected chi connectivity index (χ4v) is 3.77. The number of hydrogen-bond donors (Lipinski definition) is 3. The first-order valence-electron chi connectivity index (χ1n) is 9.55. The number of hydrogen-bond acceptors (Lipinski definition) is 5. The fourth-order valence-electron chi connectivity index (χ4n) is 2.74. The minimum absolute atomic E-state index is 0.0862. The average Bonchev–Trinajstić information content (AvgIpc) is 2.78. The van der Waals surface area contributed by atoms with Crippen LogP contribution in [0.15, 0.2) is 84.0 Å². The highest BCUT2D eigenvalue weighted by Crippen LogP contribution is 2.36. The quantitative estimate of drug-likeness (QED) is 0.431. The lowest BCUT2D eigenvalue weighted by atomic mass is 10.1. The van der Waals surface area contributed by atoms with Crippen LogP contribution in [0.25, 0.3) is 0 Å². The lowest BCUT2D eigenvalue weighted by Crippen LogP contribution is -2.19. The van der Waals surface area contributed by atoms with Gasteiger partial charge in [0.05, 0.1) is 6.42 Å². The highest BCUT2D eigenvalue weighted by atomic mass is 32.2. The van der Waals surface area contributed by atoms with Crippen LogP contribution in [0.5, 0.6) is 0 Å². The minimum atomic E-state index is -1.01. The summed E-state index contributed by atoms with van der Waals surface area (Å²) in [5.74, 6) is -1.53. The fraction of sp³-hybridized carbons (Fsp3) is 0.130. The van der Waals surface area contributed by atoms with Crippen LogP contribution >= 0.6 is 11.8 Å². The number of carbonyl (C=O) groups excluding carboxylic acids is 2. The summed E-state index contributed by atoms with van der Waals surface area (Å²) in [6.45, 7) is 0. The number of benzene rings is 2. The number of carboxylic acids is 1. The van der Waals surface area contributed by atoms with Crippen molar-refractivity contribution in [3.8, 4) is 0 Å². The predicted octanol–water partition coefficient (Wildman–Crippen LogP) is 4.36. The summed E-state index contributed by atoms with van der Waals surface area (Å²) in [5, 5.41) is 13.8. The molecule has 1 atom stereocenters. The minimum Gasteiger partial charge on any atom is -0.481 e. The molecule has 0 aliphatic heterocycles. The molecule has 0 radical (unpaired) electrons. The predicted molar refractivity (Wildman–Crippen MR) is 120 cm³/mol. The van der Waals surface area contributed by atoms with E-state index in [1.807, 2.05) is 42.5 Å². The van der Waals surface area contributed by atoms with Crippen LogP contribution in [0.4, 0.5) is 11.4 Å². The zero-order valence-corrected chi connectivity index (χ0v) is 17.3. The average molecular weight is 436 g/mol. The molecule has 2 aromatic carbocycles. The van der Waals surface area contributed by atoms with Crippen LogP contribution in [-0.2, 0) is 14.4 Å². The zero-order valence-electron chi connectivity index (χ0n) is 16.5.